The van der Waals surface area contributed by atoms with E-state index in [2.05, 4.69) is 25.6 Å². The third kappa shape index (κ3) is 6.46. The molecule has 4 aromatic rings. The van der Waals surface area contributed by atoms with Crippen LogP contribution in [0.4, 0.5) is 16.3 Å². The Morgan fingerprint density at radius 2 is 1.74 bits per heavy atom. The molecule has 35 heavy (non-hydrogen) atoms. The molecule has 0 aliphatic heterocycles. The summed E-state index contributed by atoms with van der Waals surface area (Å²) in [5.74, 6) is 6.44. The van der Waals surface area contributed by atoms with Crippen molar-refractivity contribution >= 4 is 40.4 Å². The number of aryl methyl sites for hydroxylation is 1. The molecule has 2 heterocycles. The topological polar surface area (TPSA) is 126 Å². The molecule has 2 amide bonds. The van der Waals surface area contributed by atoms with Crippen LogP contribution >= 0.6 is 0 Å². The molecule has 9 nitrogen and oxygen atoms in total. The minimum Gasteiger partial charge on any atom is -0.336 e. The first-order valence-electron chi connectivity index (χ1n) is 11.0. The van der Waals surface area contributed by atoms with E-state index in [-0.39, 0.29) is 11.8 Å². The van der Waals surface area contributed by atoms with Gasteiger partial charge < -0.3 is 10.6 Å². The number of hydrogen-bond acceptors (Lipinski definition) is 7. The van der Waals surface area contributed by atoms with Crippen LogP contribution < -0.4 is 21.5 Å². The molecule has 176 valence electrons. The lowest BCUT2D eigenvalue weighted by atomic mass is 10.1. The number of aromatic nitrogens is 3. The number of amides is 2. The molecule has 0 aliphatic rings. The van der Waals surface area contributed by atoms with Crippen molar-refractivity contribution in [1.82, 2.24) is 20.3 Å². The SMILES string of the molecule is Cc1cccc(N(N)CCNC(=O)Nc2ccc(C(=O)/C=C/c3cnc4ccccc4n3)cc2)n1. The number of benzene rings is 2. The summed E-state index contributed by atoms with van der Waals surface area (Å²) < 4.78 is 0. The van der Waals surface area contributed by atoms with Gasteiger partial charge in [-0.15, -0.1) is 0 Å². The maximum atomic E-state index is 12.5. The smallest absolute Gasteiger partial charge is 0.319 e. The van der Waals surface area contributed by atoms with Crippen molar-refractivity contribution in [2.24, 2.45) is 5.84 Å². The Kier molecular flexibility index (Phi) is 7.39. The van der Waals surface area contributed by atoms with Crippen LogP contribution in [0.1, 0.15) is 21.7 Å². The van der Waals surface area contributed by atoms with Gasteiger partial charge in [0.15, 0.2) is 5.78 Å². The number of nitrogens with one attached hydrogen (secondary N) is 2. The zero-order valence-electron chi connectivity index (χ0n) is 19.2. The Bertz CT molecular complexity index is 1370. The molecule has 0 unspecified atom stereocenters. The number of urea groups is 1. The van der Waals surface area contributed by atoms with Crippen molar-refractivity contribution < 1.29 is 9.59 Å². The van der Waals surface area contributed by atoms with Crippen LogP contribution in [0.5, 0.6) is 0 Å². The van der Waals surface area contributed by atoms with Crippen molar-refractivity contribution in [3.05, 3.63) is 96.0 Å². The first-order chi connectivity index (χ1) is 17.0. The zero-order valence-corrected chi connectivity index (χ0v) is 19.2. The number of carbonyl (C=O) groups is 2. The second-order valence-corrected chi connectivity index (χ2v) is 7.77. The maximum Gasteiger partial charge on any atom is 0.319 e. The summed E-state index contributed by atoms with van der Waals surface area (Å²) in [7, 11) is 0. The second kappa shape index (κ2) is 11.0. The highest BCUT2D eigenvalue weighted by Crippen LogP contribution is 2.13. The van der Waals surface area contributed by atoms with E-state index < -0.39 is 0 Å². The zero-order chi connectivity index (χ0) is 24.6. The molecule has 4 N–H and O–H groups in total. The van der Waals surface area contributed by atoms with Gasteiger partial charge in [-0.1, -0.05) is 18.2 Å². The first-order valence-corrected chi connectivity index (χ1v) is 11.0. The lowest BCUT2D eigenvalue weighted by Crippen LogP contribution is -2.40. The van der Waals surface area contributed by atoms with E-state index in [4.69, 9.17) is 5.84 Å². The highest BCUT2D eigenvalue weighted by Gasteiger charge is 2.07. The molecular weight excluding hydrogens is 442 g/mol. The summed E-state index contributed by atoms with van der Waals surface area (Å²) in [4.78, 5) is 37.8. The number of fused-ring (bicyclic) bond motifs is 1. The number of ketones is 1. The summed E-state index contributed by atoms with van der Waals surface area (Å²) in [5, 5.41) is 6.95. The van der Waals surface area contributed by atoms with E-state index in [1.807, 2.05) is 43.3 Å². The molecule has 4 rings (SSSR count). The van der Waals surface area contributed by atoms with Crippen molar-refractivity contribution in [1.29, 1.82) is 0 Å². The molecule has 0 saturated carbocycles. The number of carbonyl (C=O) groups excluding carboxylic acids is 2. The van der Waals surface area contributed by atoms with Gasteiger partial charge in [0.2, 0.25) is 0 Å². The van der Waals surface area contributed by atoms with E-state index in [1.165, 1.54) is 11.1 Å². The third-order valence-corrected chi connectivity index (χ3v) is 5.11. The van der Waals surface area contributed by atoms with Crippen LogP contribution in [-0.4, -0.2) is 39.9 Å². The van der Waals surface area contributed by atoms with Gasteiger partial charge in [0.05, 0.1) is 29.5 Å². The van der Waals surface area contributed by atoms with E-state index in [0.29, 0.717) is 35.9 Å². The fraction of sp³-hybridized carbons (Fsp3) is 0.115. The fourth-order valence-electron chi connectivity index (χ4n) is 3.30. The lowest BCUT2D eigenvalue weighted by molar-refractivity contribution is 0.104. The summed E-state index contributed by atoms with van der Waals surface area (Å²) in [6, 6.07) is 19.4. The van der Waals surface area contributed by atoms with Gasteiger partial charge in [0, 0.05) is 23.5 Å². The average Bonchev–Trinajstić information content (AvgIpc) is 2.87. The Morgan fingerprint density at radius 3 is 2.51 bits per heavy atom. The average molecular weight is 468 g/mol. The van der Waals surface area contributed by atoms with Crippen LogP contribution in [0.3, 0.4) is 0 Å². The van der Waals surface area contributed by atoms with Crippen LogP contribution in [0, 0.1) is 6.92 Å². The third-order valence-electron chi connectivity index (χ3n) is 5.11. The lowest BCUT2D eigenvalue weighted by Gasteiger charge is -2.18. The van der Waals surface area contributed by atoms with E-state index >= 15 is 0 Å². The largest absolute Gasteiger partial charge is 0.336 e. The molecule has 0 bridgehead atoms. The molecule has 9 heteroatoms. The molecule has 0 radical (unpaired) electrons. The number of rotatable bonds is 8. The Balaban J connectivity index is 1.26. The maximum absolute atomic E-state index is 12.5. The van der Waals surface area contributed by atoms with E-state index in [9.17, 15) is 9.59 Å². The number of nitrogens with zero attached hydrogens (tertiary/aromatic N) is 4. The molecule has 0 saturated heterocycles. The van der Waals surface area contributed by atoms with Crippen molar-refractivity contribution in [2.75, 3.05) is 23.4 Å². The number of allylic oxidation sites excluding steroid dienone is 1. The highest BCUT2D eigenvalue weighted by molar-refractivity contribution is 6.07. The van der Waals surface area contributed by atoms with Crippen molar-refractivity contribution in [2.45, 2.75) is 6.92 Å². The Morgan fingerprint density at radius 1 is 0.971 bits per heavy atom. The number of nitrogens with two attached hydrogens (primary N) is 1. The minimum absolute atomic E-state index is 0.177. The van der Waals surface area contributed by atoms with Gasteiger partial charge in [-0.2, -0.15) is 0 Å². The molecular formula is C26H25N7O2. The van der Waals surface area contributed by atoms with Gasteiger partial charge in [-0.25, -0.2) is 20.6 Å². The van der Waals surface area contributed by atoms with Crippen LogP contribution in [0.2, 0.25) is 0 Å². The van der Waals surface area contributed by atoms with Gasteiger partial charge in [-0.05, 0) is 67.6 Å². The Labute approximate surface area is 202 Å². The van der Waals surface area contributed by atoms with Crippen molar-refractivity contribution in [3.8, 4) is 0 Å². The molecule has 0 spiro atoms. The predicted molar refractivity (Wildman–Crippen MR) is 137 cm³/mol. The quantitative estimate of drug-likeness (QED) is 0.156. The minimum atomic E-state index is -0.371. The van der Waals surface area contributed by atoms with E-state index in [1.54, 1.807) is 42.6 Å². The van der Waals surface area contributed by atoms with Crippen LogP contribution in [0.15, 0.2) is 79.0 Å². The monoisotopic (exact) mass is 467 g/mol. The van der Waals surface area contributed by atoms with Crippen molar-refractivity contribution in [3.63, 3.8) is 0 Å². The molecule has 0 aliphatic carbocycles. The normalized spacial score (nSPS) is 10.9. The number of hydrazine groups is 1. The molecule has 0 fully saturated rings. The number of para-hydroxylation sites is 2. The number of anilines is 2. The summed E-state index contributed by atoms with van der Waals surface area (Å²) >= 11 is 0. The summed E-state index contributed by atoms with van der Waals surface area (Å²) in [6.07, 6.45) is 4.71. The molecule has 2 aromatic carbocycles. The highest BCUT2D eigenvalue weighted by atomic mass is 16.2. The Hall–Kier alpha value is -4.63. The van der Waals surface area contributed by atoms with Gasteiger partial charge >= 0.3 is 6.03 Å². The second-order valence-electron chi connectivity index (χ2n) is 7.77. The number of hydrogen-bond donors (Lipinski definition) is 3. The summed E-state index contributed by atoms with van der Waals surface area (Å²) in [5.41, 5.74) is 4.08. The van der Waals surface area contributed by atoms with Gasteiger partial charge in [0.25, 0.3) is 0 Å². The number of pyridine rings is 1. The fourth-order valence-corrected chi connectivity index (χ4v) is 3.30. The molecule has 0 atom stereocenters. The van der Waals surface area contributed by atoms with Gasteiger partial charge in [0.1, 0.15) is 5.82 Å². The van der Waals surface area contributed by atoms with Crippen LogP contribution in [0.25, 0.3) is 17.1 Å². The standard InChI is InChI=1S/C26H25N7O2/c1-18-5-4-8-25(30-18)33(27)16-15-28-26(35)32-20-11-9-19(10-12-20)24(34)14-13-21-17-29-22-6-2-3-7-23(22)31-21/h2-14,17H,15-16,27H2,1H3,(H2,28,32,35)/b14-13+. The first kappa shape index (κ1) is 23.5. The van der Waals surface area contributed by atoms with E-state index in [0.717, 1.165) is 16.7 Å². The van der Waals surface area contributed by atoms with Gasteiger partial charge in [-0.3, -0.25) is 14.8 Å². The predicted octanol–water partition coefficient (Wildman–Crippen LogP) is 3.73. The summed E-state index contributed by atoms with van der Waals surface area (Å²) in [6.45, 7) is 2.61. The van der Waals surface area contributed by atoms with Crippen LogP contribution in [-0.2, 0) is 0 Å². The molecule has 2 aromatic heterocycles.